The van der Waals surface area contributed by atoms with Crippen LogP contribution in [0.4, 0.5) is 5.69 Å². The van der Waals surface area contributed by atoms with Crippen LogP contribution in [0.3, 0.4) is 0 Å². The van der Waals surface area contributed by atoms with Gasteiger partial charge in [0.15, 0.2) is 0 Å². The van der Waals surface area contributed by atoms with Crippen LogP contribution in [0.5, 0.6) is 0 Å². The molecule has 0 saturated heterocycles. The number of benzene rings is 2. The fourth-order valence-corrected chi connectivity index (χ4v) is 2.42. The lowest BCUT2D eigenvalue weighted by Crippen LogP contribution is -2.24. The molecule has 4 nitrogen and oxygen atoms in total. The zero-order valence-electron chi connectivity index (χ0n) is 13.7. The highest BCUT2D eigenvalue weighted by Crippen LogP contribution is 2.16. The SMILES string of the molecule is CCc1ccc(C(CO)NCc2ccc(NC(C)=O)cc2)cc1. The van der Waals surface area contributed by atoms with E-state index in [9.17, 15) is 9.90 Å². The molecule has 3 N–H and O–H groups in total. The third kappa shape index (κ3) is 5.20. The van der Waals surface area contributed by atoms with Crippen LogP contribution in [0.25, 0.3) is 0 Å². The molecule has 122 valence electrons. The maximum Gasteiger partial charge on any atom is 0.221 e. The second-order valence-electron chi connectivity index (χ2n) is 5.59. The molecule has 1 unspecified atom stereocenters. The van der Waals surface area contributed by atoms with Gasteiger partial charge >= 0.3 is 0 Å². The molecule has 1 amide bonds. The highest BCUT2D eigenvalue weighted by molar-refractivity contribution is 5.88. The number of hydrogen-bond acceptors (Lipinski definition) is 3. The maximum atomic E-state index is 11.0. The number of aryl methyl sites for hydroxylation is 1. The number of carbonyl (C=O) groups is 1. The number of rotatable bonds is 7. The van der Waals surface area contributed by atoms with Crippen LogP contribution in [0.2, 0.25) is 0 Å². The summed E-state index contributed by atoms with van der Waals surface area (Å²) in [5, 5.41) is 15.7. The molecular formula is C19H24N2O2. The third-order valence-electron chi connectivity index (χ3n) is 3.80. The van der Waals surface area contributed by atoms with Crippen molar-refractivity contribution in [2.24, 2.45) is 0 Å². The van der Waals surface area contributed by atoms with E-state index in [0.29, 0.717) is 6.54 Å². The minimum absolute atomic E-state index is 0.0510. The van der Waals surface area contributed by atoms with Gasteiger partial charge in [-0.25, -0.2) is 0 Å². The van der Waals surface area contributed by atoms with E-state index in [2.05, 4.69) is 41.8 Å². The monoisotopic (exact) mass is 312 g/mol. The summed E-state index contributed by atoms with van der Waals surface area (Å²) in [6.45, 7) is 4.32. The van der Waals surface area contributed by atoms with Crippen molar-refractivity contribution in [1.29, 1.82) is 0 Å². The van der Waals surface area contributed by atoms with Crippen LogP contribution in [-0.2, 0) is 17.8 Å². The number of aliphatic hydroxyl groups is 1. The van der Waals surface area contributed by atoms with Crippen molar-refractivity contribution in [2.75, 3.05) is 11.9 Å². The first-order valence-corrected chi connectivity index (χ1v) is 7.92. The van der Waals surface area contributed by atoms with Gasteiger partial charge in [-0.3, -0.25) is 4.79 Å². The molecule has 0 fully saturated rings. The number of amides is 1. The number of aliphatic hydroxyl groups excluding tert-OH is 1. The largest absolute Gasteiger partial charge is 0.394 e. The lowest BCUT2D eigenvalue weighted by molar-refractivity contribution is -0.114. The Labute approximate surface area is 137 Å². The van der Waals surface area contributed by atoms with Gasteiger partial charge in [0.05, 0.1) is 12.6 Å². The molecule has 23 heavy (non-hydrogen) atoms. The number of carbonyl (C=O) groups excluding carboxylic acids is 1. The summed E-state index contributed by atoms with van der Waals surface area (Å²) in [5.41, 5.74) is 4.26. The van der Waals surface area contributed by atoms with E-state index in [0.717, 1.165) is 23.2 Å². The molecule has 2 aromatic carbocycles. The van der Waals surface area contributed by atoms with Crippen LogP contribution < -0.4 is 10.6 Å². The highest BCUT2D eigenvalue weighted by Gasteiger charge is 2.09. The van der Waals surface area contributed by atoms with Gasteiger partial charge in [-0.05, 0) is 35.2 Å². The van der Waals surface area contributed by atoms with E-state index < -0.39 is 0 Å². The van der Waals surface area contributed by atoms with Gasteiger partial charge in [0.1, 0.15) is 0 Å². The second-order valence-corrected chi connectivity index (χ2v) is 5.59. The van der Waals surface area contributed by atoms with Gasteiger partial charge in [-0.2, -0.15) is 0 Å². The van der Waals surface area contributed by atoms with Crippen molar-refractivity contribution in [3.05, 3.63) is 65.2 Å². The number of anilines is 1. The fourth-order valence-electron chi connectivity index (χ4n) is 2.42. The first-order chi connectivity index (χ1) is 11.1. The molecule has 0 spiro atoms. The molecular weight excluding hydrogens is 288 g/mol. The minimum Gasteiger partial charge on any atom is -0.394 e. The van der Waals surface area contributed by atoms with E-state index in [-0.39, 0.29) is 18.6 Å². The third-order valence-corrected chi connectivity index (χ3v) is 3.80. The Kier molecular flexibility index (Phi) is 6.32. The lowest BCUT2D eigenvalue weighted by atomic mass is 10.0. The van der Waals surface area contributed by atoms with Crippen molar-refractivity contribution in [2.45, 2.75) is 32.9 Å². The quantitative estimate of drug-likeness (QED) is 0.736. The van der Waals surface area contributed by atoms with Gasteiger partial charge in [0.2, 0.25) is 5.91 Å². The molecule has 0 aromatic heterocycles. The summed E-state index contributed by atoms with van der Waals surface area (Å²) in [6.07, 6.45) is 1.01. The molecule has 1 atom stereocenters. The fraction of sp³-hybridized carbons (Fsp3) is 0.316. The Morgan fingerprint density at radius 2 is 1.65 bits per heavy atom. The predicted octanol–water partition coefficient (Wildman–Crippen LogP) is 3.03. The average molecular weight is 312 g/mol. The van der Waals surface area contributed by atoms with Gasteiger partial charge in [-0.1, -0.05) is 43.3 Å². The van der Waals surface area contributed by atoms with Crippen molar-refractivity contribution < 1.29 is 9.90 Å². The lowest BCUT2D eigenvalue weighted by Gasteiger charge is -2.17. The molecule has 2 aromatic rings. The van der Waals surface area contributed by atoms with Gasteiger partial charge in [-0.15, -0.1) is 0 Å². The Morgan fingerprint density at radius 1 is 1.04 bits per heavy atom. The molecule has 0 saturated carbocycles. The molecule has 2 rings (SSSR count). The van der Waals surface area contributed by atoms with Gasteiger partial charge in [0, 0.05) is 19.2 Å². The Morgan fingerprint density at radius 3 is 2.17 bits per heavy atom. The van der Waals surface area contributed by atoms with E-state index in [1.165, 1.54) is 12.5 Å². The molecule has 0 aliphatic carbocycles. The van der Waals surface area contributed by atoms with Gasteiger partial charge < -0.3 is 15.7 Å². The van der Waals surface area contributed by atoms with Crippen LogP contribution in [0.1, 0.15) is 36.6 Å². The molecule has 0 aliphatic heterocycles. The predicted molar refractivity (Wildman–Crippen MR) is 93.2 cm³/mol. The summed E-state index contributed by atoms with van der Waals surface area (Å²) >= 11 is 0. The Bertz CT molecular complexity index is 621. The van der Waals surface area contributed by atoms with Crippen molar-refractivity contribution in [1.82, 2.24) is 5.32 Å². The summed E-state index contributed by atoms with van der Waals surface area (Å²) < 4.78 is 0. The molecule has 0 aliphatic rings. The minimum atomic E-state index is -0.0871. The van der Waals surface area contributed by atoms with E-state index in [4.69, 9.17) is 0 Å². The van der Waals surface area contributed by atoms with Crippen LogP contribution in [-0.4, -0.2) is 17.6 Å². The zero-order chi connectivity index (χ0) is 16.7. The molecule has 4 heteroatoms. The standard InChI is InChI=1S/C19H24N2O2/c1-3-15-4-8-17(9-5-15)19(13-22)20-12-16-6-10-18(11-7-16)21-14(2)23/h4-11,19-20,22H,3,12-13H2,1-2H3,(H,21,23). The maximum absolute atomic E-state index is 11.0. The van der Waals surface area contributed by atoms with Crippen molar-refractivity contribution in [3.8, 4) is 0 Å². The summed E-state index contributed by atoms with van der Waals surface area (Å²) in [4.78, 5) is 11.0. The normalized spacial score (nSPS) is 12.0. The van der Waals surface area contributed by atoms with Crippen LogP contribution >= 0.6 is 0 Å². The first-order valence-electron chi connectivity index (χ1n) is 7.92. The first kappa shape index (κ1) is 17.2. The van der Waals surface area contributed by atoms with Crippen molar-refractivity contribution >= 4 is 11.6 Å². The van der Waals surface area contributed by atoms with E-state index in [1.807, 2.05) is 24.3 Å². The average Bonchev–Trinajstić information content (AvgIpc) is 2.57. The number of nitrogens with one attached hydrogen (secondary N) is 2. The van der Waals surface area contributed by atoms with E-state index >= 15 is 0 Å². The van der Waals surface area contributed by atoms with Gasteiger partial charge in [0.25, 0.3) is 0 Å². The number of hydrogen-bond donors (Lipinski definition) is 3. The molecule has 0 heterocycles. The summed E-state index contributed by atoms with van der Waals surface area (Å²) in [5.74, 6) is -0.0771. The molecule has 0 bridgehead atoms. The molecule has 0 radical (unpaired) electrons. The Hall–Kier alpha value is -2.17. The van der Waals surface area contributed by atoms with Crippen molar-refractivity contribution in [3.63, 3.8) is 0 Å². The second kappa shape index (κ2) is 8.46. The Balaban J connectivity index is 1.95. The van der Waals surface area contributed by atoms with Crippen LogP contribution in [0.15, 0.2) is 48.5 Å². The highest BCUT2D eigenvalue weighted by atomic mass is 16.3. The smallest absolute Gasteiger partial charge is 0.221 e. The topological polar surface area (TPSA) is 61.4 Å². The van der Waals surface area contributed by atoms with E-state index in [1.54, 1.807) is 0 Å². The van der Waals surface area contributed by atoms with Crippen LogP contribution in [0, 0.1) is 0 Å². The summed E-state index contributed by atoms with van der Waals surface area (Å²) in [7, 11) is 0. The summed E-state index contributed by atoms with van der Waals surface area (Å²) in [6, 6.07) is 15.9. The zero-order valence-corrected chi connectivity index (χ0v) is 13.7.